The summed E-state index contributed by atoms with van der Waals surface area (Å²) in [6.45, 7) is 7.57. The van der Waals surface area contributed by atoms with Crippen LogP contribution < -0.4 is 0 Å². The van der Waals surface area contributed by atoms with Gasteiger partial charge in [-0.2, -0.15) is 0 Å². The van der Waals surface area contributed by atoms with Crippen LogP contribution in [0.4, 0.5) is 0 Å². The van der Waals surface area contributed by atoms with Gasteiger partial charge in [0.05, 0.1) is 17.4 Å². The molecule has 1 heterocycles. The van der Waals surface area contributed by atoms with E-state index in [1.54, 1.807) is 0 Å². The second-order valence-corrected chi connectivity index (χ2v) is 9.88. The fraction of sp³-hybridized carbons (Fsp3) is 0.933. The van der Waals surface area contributed by atoms with Gasteiger partial charge in [-0.05, 0) is 30.6 Å². The molecule has 2 aliphatic rings. The monoisotopic (exact) mass is 317 g/mol. The molecule has 3 atom stereocenters. The molecule has 1 aliphatic carbocycles. The number of carboxylic acid groups (broad SMARTS) is 1. The van der Waals surface area contributed by atoms with E-state index in [2.05, 4.69) is 25.7 Å². The normalized spacial score (nSPS) is 34.5. The number of sulfone groups is 1. The average Bonchev–Trinajstić information content (AvgIpc) is 2.37. The lowest BCUT2D eigenvalue weighted by molar-refractivity contribution is -0.146. The van der Waals surface area contributed by atoms with E-state index in [0.29, 0.717) is 25.4 Å². The Bertz CT molecular complexity index is 480. The molecule has 2 fully saturated rings. The van der Waals surface area contributed by atoms with Crippen LogP contribution in [0.1, 0.15) is 40.0 Å². The molecule has 3 unspecified atom stereocenters. The van der Waals surface area contributed by atoms with Crippen LogP contribution in [0.15, 0.2) is 0 Å². The lowest BCUT2D eigenvalue weighted by Crippen LogP contribution is -2.53. The highest BCUT2D eigenvalue weighted by Crippen LogP contribution is 2.42. The Morgan fingerprint density at radius 1 is 1.14 bits per heavy atom. The molecule has 2 rings (SSSR count). The van der Waals surface area contributed by atoms with E-state index in [1.165, 1.54) is 0 Å². The topological polar surface area (TPSA) is 74.7 Å². The summed E-state index contributed by atoms with van der Waals surface area (Å²) in [5, 5.41) is 9.49. The van der Waals surface area contributed by atoms with Gasteiger partial charge in [0, 0.05) is 19.1 Å². The van der Waals surface area contributed by atoms with Crippen molar-refractivity contribution in [1.82, 2.24) is 4.90 Å². The minimum atomic E-state index is -2.92. The second-order valence-electron chi connectivity index (χ2n) is 7.58. The number of hydrogen-bond acceptors (Lipinski definition) is 4. The van der Waals surface area contributed by atoms with Gasteiger partial charge < -0.3 is 5.11 Å². The molecule has 1 saturated carbocycles. The van der Waals surface area contributed by atoms with Gasteiger partial charge in [0.25, 0.3) is 0 Å². The van der Waals surface area contributed by atoms with Crippen molar-refractivity contribution in [2.75, 3.05) is 24.6 Å². The van der Waals surface area contributed by atoms with Crippen molar-refractivity contribution in [3.63, 3.8) is 0 Å². The summed E-state index contributed by atoms with van der Waals surface area (Å²) in [5.74, 6) is -0.270. The van der Waals surface area contributed by atoms with Gasteiger partial charge in [-0.15, -0.1) is 0 Å². The van der Waals surface area contributed by atoms with Crippen LogP contribution >= 0.6 is 0 Å². The van der Waals surface area contributed by atoms with Crippen LogP contribution in [0.25, 0.3) is 0 Å². The molecular formula is C15H27NO4S. The van der Waals surface area contributed by atoms with E-state index in [4.69, 9.17) is 0 Å². The van der Waals surface area contributed by atoms with Gasteiger partial charge in [0.1, 0.15) is 0 Å². The predicted molar refractivity (Wildman–Crippen MR) is 81.9 cm³/mol. The summed E-state index contributed by atoms with van der Waals surface area (Å²) in [6, 6.07) is -0.0176. The van der Waals surface area contributed by atoms with Crippen molar-refractivity contribution in [2.45, 2.75) is 46.1 Å². The molecule has 1 aliphatic heterocycles. The van der Waals surface area contributed by atoms with Crippen molar-refractivity contribution in [3.05, 3.63) is 0 Å². The fourth-order valence-electron chi connectivity index (χ4n) is 3.68. The maximum Gasteiger partial charge on any atom is 0.308 e. The highest BCUT2D eigenvalue weighted by molar-refractivity contribution is 7.91. The molecule has 0 aromatic heterocycles. The Labute approximate surface area is 127 Å². The van der Waals surface area contributed by atoms with Crippen molar-refractivity contribution in [2.24, 2.45) is 17.3 Å². The van der Waals surface area contributed by atoms with Gasteiger partial charge in [-0.25, -0.2) is 8.42 Å². The van der Waals surface area contributed by atoms with Crippen molar-refractivity contribution in [3.8, 4) is 0 Å². The van der Waals surface area contributed by atoms with E-state index < -0.39 is 15.8 Å². The van der Waals surface area contributed by atoms with Crippen LogP contribution in [-0.4, -0.2) is 55.0 Å². The number of hydrogen-bond donors (Lipinski definition) is 1. The first kappa shape index (κ1) is 16.7. The summed E-state index contributed by atoms with van der Waals surface area (Å²) in [7, 11) is -2.92. The Morgan fingerprint density at radius 2 is 1.71 bits per heavy atom. The van der Waals surface area contributed by atoms with E-state index in [1.807, 2.05) is 0 Å². The molecule has 21 heavy (non-hydrogen) atoms. The van der Waals surface area contributed by atoms with Gasteiger partial charge in [-0.1, -0.05) is 20.8 Å². The van der Waals surface area contributed by atoms with E-state index in [-0.39, 0.29) is 28.9 Å². The maximum atomic E-state index is 11.6. The highest BCUT2D eigenvalue weighted by atomic mass is 32.2. The molecule has 0 bridgehead atoms. The SMILES string of the molecule is CC(C)(C)C1CCC(C(=O)O)C(N2CCS(=O)(=O)CC2)C1. The summed E-state index contributed by atoms with van der Waals surface area (Å²) in [5.41, 5.74) is 0.170. The molecule has 0 spiro atoms. The Balaban J connectivity index is 2.13. The molecule has 0 radical (unpaired) electrons. The summed E-state index contributed by atoms with van der Waals surface area (Å²) < 4.78 is 23.1. The van der Waals surface area contributed by atoms with Crippen molar-refractivity contribution >= 4 is 15.8 Å². The second kappa shape index (κ2) is 5.88. The number of nitrogens with zero attached hydrogens (tertiary/aromatic N) is 1. The van der Waals surface area contributed by atoms with E-state index in [9.17, 15) is 18.3 Å². The van der Waals surface area contributed by atoms with Crippen LogP contribution in [0.5, 0.6) is 0 Å². The van der Waals surface area contributed by atoms with Crippen molar-refractivity contribution in [1.29, 1.82) is 0 Å². The maximum absolute atomic E-state index is 11.6. The minimum Gasteiger partial charge on any atom is -0.481 e. The molecular weight excluding hydrogens is 290 g/mol. The predicted octanol–water partition coefficient (Wildman–Crippen LogP) is 1.63. The quantitative estimate of drug-likeness (QED) is 0.838. The third-order valence-electron chi connectivity index (χ3n) is 5.21. The first-order chi connectivity index (χ1) is 9.60. The zero-order valence-corrected chi connectivity index (χ0v) is 14.0. The number of carboxylic acids is 1. The van der Waals surface area contributed by atoms with E-state index in [0.717, 1.165) is 12.8 Å². The zero-order chi connectivity index (χ0) is 15.8. The lowest BCUT2D eigenvalue weighted by Gasteiger charge is -2.45. The molecule has 0 aromatic rings. The van der Waals surface area contributed by atoms with Crippen molar-refractivity contribution < 1.29 is 18.3 Å². The number of aliphatic carboxylic acids is 1. The van der Waals surface area contributed by atoms with Crippen LogP contribution in [-0.2, 0) is 14.6 Å². The zero-order valence-electron chi connectivity index (χ0n) is 13.2. The first-order valence-electron chi connectivity index (χ1n) is 7.77. The third kappa shape index (κ3) is 3.97. The van der Waals surface area contributed by atoms with Crippen LogP contribution in [0, 0.1) is 17.3 Å². The minimum absolute atomic E-state index is 0.0176. The van der Waals surface area contributed by atoms with Crippen LogP contribution in [0.3, 0.4) is 0 Å². The summed E-state index contributed by atoms with van der Waals surface area (Å²) in [4.78, 5) is 13.7. The van der Waals surface area contributed by atoms with Gasteiger partial charge in [0.2, 0.25) is 0 Å². The van der Waals surface area contributed by atoms with Crippen LogP contribution in [0.2, 0.25) is 0 Å². The molecule has 0 aromatic carbocycles. The fourth-order valence-corrected chi connectivity index (χ4v) is 4.91. The molecule has 1 N–H and O–H groups in total. The largest absolute Gasteiger partial charge is 0.481 e. The van der Waals surface area contributed by atoms with E-state index >= 15 is 0 Å². The van der Waals surface area contributed by atoms with Gasteiger partial charge >= 0.3 is 5.97 Å². The third-order valence-corrected chi connectivity index (χ3v) is 6.82. The molecule has 1 saturated heterocycles. The lowest BCUT2D eigenvalue weighted by atomic mass is 9.67. The first-order valence-corrected chi connectivity index (χ1v) is 9.59. The highest BCUT2D eigenvalue weighted by Gasteiger charge is 2.42. The Kier molecular flexibility index (Phi) is 4.69. The molecule has 122 valence electrons. The summed E-state index contributed by atoms with van der Waals surface area (Å²) in [6.07, 6.45) is 2.51. The molecule has 5 nitrogen and oxygen atoms in total. The molecule has 0 amide bonds. The van der Waals surface area contributed by atoms with Gasteiger partial charge in [-0.3, -0.25) is 9.69 Å². The summed E-state index contributed by atoms with van der Waals surface area (Å²) >= 11 is 0. The smallest absolute Gasteiger partial charge is 0.308 e. The van der Waals surface area contributed by atoms with Gasteiger partial charge in [0.15, 0.2) is 9.84 Å². The average molecular weight is 317 g/mol. The Hall–Kier alpha value is -0.620. The Morgan fingerprint density at radius 3 is 2.19 bits per heavy atom. The number of carbonyl (C=O) groups is 1. The molecule has 6 heteroatoms. The number of rotatable bonds is 2. The standard InChI is InChI=1S/C15H27NO4S/c1-15(2,3)11-4-5-12(14(17)18)13(10-11)16-6-8-21(19,20)9-7-16/h11-13H,4-10H2,1-3H3,(H,17,18).